The van der Waals surface area contributed by atoms with Crippen LogP contribution in [0.15, 0.2) is 46.2 Å². The quantitative estimate of drug-likeness (QED) is 0.141. The number of hydrogen-bond donors (Lipinski definition) is 5. The number of hydrogen-bond acceptors (Lipinski definition) is 6. The molecule has 2 aromatic carbocycles. The van der Waals surface area contributed by atoms with Crippen molar-refractivity contribution in [2.75, 3.05) is 10.6 Å². The summed E-state index contributed by atoms with van der Waals surface area (Å²) in [7, 11) is -9.31. The first kappa shape index (κ1) is 30.2. The maximum Gasteiger partial charge on any atom is 1.00 e. The molecular formula is C20H23N3NaO7S3+. The second-order valence-corrected chi connectivity index (χ2v) is 10.4. The van der Waals surface area contributed by atoms with E-state index >= 15 is 0 Å². The van der Waals surface area contributed by atoms with Crippen LogP contribution in [0.5, 0.6) is 0 Å². The van der Waals surface area contributed by atoms with Crippen molar-refractivity contribution in [2.45, 2.75) is 36.6 Å². The average Bonchev–Trinajstić information content (AvgIpc) is 2.65. The first-order chi connectivity index (χ1) is 15.2. The summed E-state index contributed by atoms with van der Waals surface area (Å²) >= 11 is 5.13. The predicted molar refractivity (Wildman–Crippen MR) is 130 cm³/mol. The fourth-order valence-corrected chi connectivity index (χ4v) is 4.53. The summed E-state index contributed by atoms with van der Waals surface area (Å²) in [6, 6.07) is 7.93. The molecule has 0 aromatic heterocycles. The number of rotatable bonds is 7. The van der Waals surface area contributed by atoms with E-state index in [1.54, 1.807) is 0 Å². The minimum atomic E-state index is -4.67. The molecule has 0 aliphatic carbocycles. The molecule has 0 radical (unpaired) electrons. The maximum atomic E-state index is 11.9. The van der Waals surface area contributed by atoms with E-state index in [2.05, 4.69) is 16.0 Å². The molecule has 14 heteroatoms. The zero-order valence-electron chi connectivity index (χ0n) is 18.9. The first-order valence-corrected chi connectivity index (χ1v) is 12.7. The van der Waals surface area contributed by atoms with Crippen LogP contribution in [-0.2, 0) is 25.0 Å². The fourth-order valence-electron chi connectivity index (χ4n) is 2.76. The van der Waals surface area contributed by atoms with Crippen molar-refractivity contribution in [2.24, 2.45) is 0 Å². The fraction of sp³-hybridized carbons (Fsp3) is 0.200. The SMILES string of the molecule is CC(=O)Nc1ccc(/C=C/c2ccc(NC(=S)NC(C)C)cc2S(=O)(=O)O)c(S(=O)(=O)O)c1.[Na+]. The number of amides is 1. The van der Waals surface area contributed by atoms with Crippen molar-refractivity contribution in [3.8, 4) is 0 Å². The zero-order chi connectivity index (χ0) is 25.0. The Morgan fingerprint density at radius 1 is 0.882 bits per heavy atom. The predicted octanol–water partition coefficient (Wildman–Crippen LogP) is 0.00760. The molecule has 0 aliphatic rings. The minimum absolute atomic E-state index is 0. The van der Waals surface area contributed by atoms with Crippen LogP contribution in [-0.4, -0.2) is 43.0 Å². The van der Waals surface area contributed by atoms with Crippen LogP contribution in [0.2, 0.25) is 0 Å². The third kappa shape index (κ3) is 9.07. The van der Waals surface area contributed by atoms with Gasteiger partial charge in [0, 0.05) is 24.3 Å². The Kier molecular flexibility index (Phi) is 10.9. The van der Waals surface area contributed by atoms with Crippen molar-refractivity contribution in [3.63, 3.8) is 0 Å². The van der Waals surface area contributed by atoms with E-state index < -0.39 is 35.9 Å². The summed E-state index contributed by atoms with van der Waals surface area (Å²) in [6.45, 7) is 4.98. The van der Waals surface area contributed by atoms with Gasteiger partial charge in [0.05, 0.1) is 0 Å². The summed E-state index contributed by atoms with van der Waals surface area (Å²) < 4.78 is 66.7. The van der Waals surface area contributed by atoms with Crippen molar-refractivity contribution >= 4 is 67.0 Å². The molecule has 2 aromatic rings. The summed E-state index contributed by atoms with van der Waals surface area (Å²) in [4.78, 5) is 10.3. The van der Waals surface area contributed by atoms with Gasteiger partial charge >= 0.3 is 29.6 Å². The Morgan fingerprint density at radius 2 is 1.29 bits per heavy atom. The van der Waals surface area contributed by atoms with E-state index in [-0.39, 0.29) is 57.5 Å². The average molecular weight is 537 g/mol. The maximum absolute atomic E-state index is 11.9. The van der Waals surface area contributed by atoms with Gasteiger partial charge in [-0.3, -0.25) is 13.9 Å². The van der Waals surface area contributed by atoms with E-state index in [4.69, 9.17) is 12.2 Å². The molecule has 34 heavy (non-hydrogen) atoms. The monoisotopic (exact) mass is 536 g/mol. The van der Waals surface area contributed by atoms with Crippen molar-refractivity contribution in [1.82, 2.24) is 5.32 Å². The Labute approximate surface area is 226 Å². The second kappa shape index (κ2) is 12.2. The normalized spacial score (nSPS) is 11.7. The van der Waals surface area contributed by atoms with Crippen molar-refractivity contribution in [3.05, 3.63) is 47.5 Å². The summed E-state index contributed by atoms with van der Waals surface area (Å²) in [5, 5.41) is 8.41. The molecule has 0 spiro atoms. The molecule has 1 amide bonds. The van der Waals surface area contributed by atoms with Gasteiger partial charge in [0.2, 0.25) is 5.91 Å². The summed E-state index contributed by atoms with van der Waals surface area (Å²) in [6.07, 6.45) is 2.52. The van der Waals surface area contributed by atoms with Gasteiger partial charge in [0.15, 0.2) is 5.11 Å². The molecule has 0 fully saturated rings. The van der Waals surface area contributed by atoms with Gasteiger partial charge in [-0.05, 0) is 61.5 Å². The van der Waals surface area contributed by atoms with E-state index in [1.807, 2.05) is 13.8 Å². The number of anilines is 2. The van der Waals surface area contributed by atoms with Gasteiger partial charge in [-0.25, -0.2) is 0 Å². The Morgan fingerprint density at radius 3 is 1.65 bits per heavy atom. The van der Waals surface area contributed by atoms with Crippen LogP contribution in [0.25, 0.3) is 12.2 Å². The first-order valence-electron chi connectivity index (χ1n) is 9.43. The summed E-state index contributed by atoms with van der Waals surface area (Å²) in [5.41, 5.74) is 0.527. The van der Waals surface area contributed by atoms with Gasteiger partial charge < -0.3 is 16.0 Å². The van der Waals surface area contributed by atoms with E-state index in [0.717, 1.165) is 6.07 Å². The van der Waals surface area contributed by atoms with E-state index in [0.29, 0.717) is 5.69 Å². The third-order valence-corrected chi connectivity index (χ3v) is 6.06. The Hall–Kier alpha value is -1.84. The standard InChI is InChI=1S/C20H23N3O7S3.Na/c1-12(2)21-20(31)23-17-9-7-15(19(11-17)33(28,29)30)5-4-14-6-8-16(22-13(3)24)10-18(14)32(25,26)27;/h4-12H,1-3H3,(H,22,24)(H2,21,23,31)(H,25,26,27)(H,28,29,30);/q;+1/b5-4+;. The van der Waals surface area contributed by atoms with Crippen LogP contribution in [0.1, 0.15) is 31.9 Å². The number of thiocarbonyl (C=S) groups is 1. The van der Waals surface area contributed by atoms with Gasteiger partial charge in [0.25, 0.3) is 20.2 Å². The van der Waals surface area contributed by atoms with Crippen LogP contribution in [0.3, 0.4) is 0 Å². The largest absolute Gasteiger partial charge is 1.00 e. The molecule has 0 aliphatic heterocycles. The molecule has 0 heterocycles. The summed E-state index contributed by atoms with van der Waals surface area (Å²) in [5.74, 6) is -0.436. The zero-order valence-corrected chi connectivity index (χ0v) is 23.3. The van der Waals surface area contributed by atoms with Crippen LogP contribution in [0, 0.1) is 0 Å². The minimum Gasteiger partial charge on any atom is -0.360 e. The topological polar surface area (TPSA) is 162 Å². The van der Waals surface area contributed by atoms with Crippen molar-refractivity contribution in [1.29, 1.82) is 0 Å². The third-order valence-electron chi connectivity index (χ3n) is 4.02. The van der Waals surface area contributed by atoms with Gasteiger partial charge in [0.1, 0.15) is 9.79 Å². The van der Waals surface area contributed by atoms with E-state index in [1.165, 1.54) is 49.4 Å². The number of benzene rings is 2. The smallest absolute Gasteiger partial charge is 0.360 e. The van der Waals surface area contributed by atoms with Gasteiger partial charge in [-0.15, -0.1) is 0 Å². The number of carbonyl (C=O) groups excluding carboxylic acids is 1. The molecule has 0 bridgehead atoms. The molecule has 2 rings (SSSR count). The van der Waals surface area contributed by atoms with Crippen LogP contribution < -0.4 is 45.5 Å². The molecule has 0 saturated carbocycles. The molecule has 0 saturated heterocycles. The van der Waals surface area contributed by atoms with Gasteiger partial charge in [-0.2, -0.15) is 16.8 Å². The molecular weight excluding hydrogens is 513 g/mol. The van der Waals surface area contributed by atoms with Crippen molar-refractivity contribution < 1.29 is 60.3 Å². The molecule has 178 valence electrons. The molecule has 5 N–H and O–H groups in total. The number of nitrogens with one attached hydrogen (secondary N) is 3. The molecule has 0 atom stereocenters. The molecule has 0 unspecified atom stereocenters. The van der Waals surface area contributed by atoms with Crippen LogP contribution >= 0.6 is 12.2 Å². The van der Waals surface area contributed by atoms with E-state index in [9.17, 15) is 30.7 Å². The second-order valence-electron chi connectivity index (χ2n) is 7.22. The van der Waals surface area contributed by atoms with Crippen LogP contribution in [0.4, 0.5) is 11.4 Å². The number of carbonyl (C=O) groups is 1. The Balaban J connectivity index is 0.00000578. The Bertz CT molecular complexity index is 1320. The van der Waals surface area contributed by atoms with Gasteiger partial charge in [-0.1, -0.05) is 24.3 Å². The molecule has 10 nitrogen and oxygen atoms in total.